The summed E-state index contributed by atoms with van der Waals surface area (Å²) >= 11 is 0. The average molecular weight is 197 g/mol. The van der Waals surface area contributed by atoms with Gasteiger partial charge in [0.1, 0.15) is 12.5 Å². The van der Waals surface area contributed by atoms with E-state index in [4.69, 9.17) is 0 Å². The van der Waals surface area contributed by atoms with Crippen molar-refractivity contribution in [1.29, 1.82) is 0 Å². The summed E-state index contributed by atoms with van der Waals surface area (Å²) in [6, 6.07) is 0.465. The second kappa shape index (κ2) is 3.79. The number of hydrazone groups is 1. The first-order valence-electron chi connectivity index (χ1n) is 5.46. The maximum absolute atomic E-state index is 4.47. The normalized spacial score (nSPS) is 22.6. The van der Waals surface area contributed by atoms with Gasteiger partial charge in [0, 0.05) is 18.0 Å². The van der Waals surface area contributed by atoms with E-state index in [1.165, 1.54) is 0 Å². The van der Waals surface area contributed by atoms with E-state index in [2.05, 4.69) is 56.6 Å². The molecular formula is C11H23N3. The van der Waals surface area contributed by atoms with E-state index in [1.807, 2.05) is 6.34 Å². The molecule has 1 heterocycles. The number of hydrogen-bond acceptors (Lipinski definition) is 3. The molecule has 0 bridgehead atoms. The Morgan fingerprint density at radius 1 is 1.36 bits per heavy atom. The first-order chi connectivity index (χ1) is 6.38. The van der Waals surface area contributed by atoms with Gasteiger partial charge in [-0.2, -0.15) is 5.10 Å². The molecule has 0 amide bonds. The third-order valence-corrected chi connectivity index (χ3v) is 2.57. The lowest BCUT2D eigenvalue weighted by molar-refractivity contribution is 0.0183. The topological polar surface area (TPSA) is 18.8 Å². The van der Waals surface area contributed by atoms with Crippen molar-refractivity contribution in [3.63, 3.8) is 0 Å². The predicted octanol–water partition coefficient (Wildman–Crippen LogP) is 2.35. The van der Waals surface area contributed by atoms with E-state index < -0.39 is 0 Å². The number of nitrogens with zero attached hydrogens (tertiary/aromatic N) is 3. The lowest BCUT2D eigenvalue weighted by Gasteiger charge is -2.41. The third-order valence-electron chi connectivity index (χ3n) is 2.57. The Bertz CT molecular complexity index is 215. The van der Waals surface area contributed by atoms with Crippen LogP contribution in [0.3, 0.4) is 0 Å². The molecule has 82 valence electrons. The summed E-state index contributed by atoms with van der Waals surface area (Å²) in [5, 5.41) is 6.67. The molecule has 0 aromatic rings. The molecule has 1 unspecified atom stereocenters. The molecule has 1 atom stereocenters. The maximum Gasteiger partial charge on any atom is 0.124 e. The van der Waals surface area contributed by atoms with Gasteiger partial charge < -0.3 is 4.90 Å². The molecule has 0 saturated heterocycles. The van der Waals surface area contributed by atoms with Gasteiger partial charge in [0.2, 0.25) is 0 Å². The molecular weight excluding hydrogens is 174 g/mol. The summed E-state index contributed by atoms with van der Waals surface area (Å²) in [7, 11) is 0. The molecule has 1 aliphatic rings. The zero-order valence-electron chi connectivity index (χ0n) is 10.3. The molecule has 0 saturated carbocycles. The van der Waals surface area contributed by atoms with Crippen molar-refractivity contribution in [2.45, 2.75) is 53.8 Å². The summed E-state index contributed by atoms with van der Waals surface area (Å²) in [6.07, 6.45) is 2.36. The van der Waals surface area contributed by atoms with E-state index >= 15 is 0 Å². The van der Waals surface area contributed by atoms with Crippen molar-refractivity contribution in [2.75, 3.05) is 6.54 Å². The lowest BCUT2D eigenvalue weighted by atomic mass is 9.90. The fourth-order valence-corrected chi connectivity index (χ4v) is 1.97. The molecule has 0 N–H and O–H groups in total. The van der Waals surface area contributed by atoms with Crippen LogP contribution in [0.2, 0.25) is 0 Å². The minimum absolute atomic E-state index is 0.233. The predicted molar refractivity (Wildman–Crippen MR) is 61.1 cm³/mol. The molecule has 0 radical (unpaired) electrons. The summed E-state index contributed by atoms with van der Waals surface area (Å²) < 4.78 is 0. The van der Waals surface area contributed by atoms with Crippen molar-refractivity contribution in [3.8, 4) is 0 Å². The minimum atomic E-state index is 0.233. The first kappa shape index (κ1) is 11.3. The van der Waals surface area contributed by atoms with E-state index in [0.29, 0.717) is 12.2 Å². The van der Waals surface area contributed by atoms with E-state index in [1.54, 1.807) is 0 Å². The first-order valence-corrected chi connectivity index (χ1v) is 5.46. The van der Waals surface area contributed by atoms with Crippen molar-refractivity contribution < 1.29 is 0 Å². The largest absolute Gasteiger partial charge is 0.339 e. The van der Waals surface area contributed by atoms with E-state index in [-0.39, 0.29) is 5.41 Å². The third kappa shape index (κ3) is 2.02. The molecule has 1 rings (SSSR count). The van der Waals surface area contributed by atoms with Gasteiger partial charge in [-0.05, 0) is 20.8 Å². The Labute approximate surface area is 87.8 Å². The van der Waals surface area contributed by atoms with Crippen LogP contribution in [-0.2, 0) is 0 Å². The van der Waals surface area contributed by atoms with Gasteiger partial charge in [-0.3, -0.25) is 5.01 Å². The van der Waals surface area contributed by atoms with Gasteiger partial charge in [0.05, 0.1) is 0 Å². The van der Waals surface area contributed by atoms with Crippen LogP contribution in [0.25, 0.3) is 0 Å². The highest BCUT2D eigenvalue weighted by molar-refractivity contribution is 5.57. The van der Waals surface area contributed by atoms with Crippen LogP contribution < -0.4 is 0 Å². The van der Waals surface area contributed by atoms with Gasteiger partial charge >= 0.3 is 0 Å². The Morgan fingerprint density at radius 3 is 2.29 bits per heavy atom. The molecule has 0 aliphatic carbocycles. The molecule has 1 aliphatic heterocycles. The monoisotopic (exact) mass is 197 g/mol. The fraction of sp³-hybridized carbons (Fsp3) is 0.909. The number of rotatable bonds is 2. The quantitative estimate of drug-likeness (QED) is 0.676. The van der Waals surface area contributed by atoms with Crippen LogP contribution in [-0.4, -0.2) is 35.0 Å². The fourth-order valence-electron chi connectivity index (χ4n) is 1.97. The zero-order chi connectivity index (χ0) is 10.9. The van der Waals surface area contributed by atoms with E-state index in [9.17, 15) is 0 Å². The van der Waals surface area contributed by atoms with Gasteiger partial charge in [-0.25, -0.2) is 0 Å². The molecule has 0 spiro atoms. The van der Waals surface area contributed by atoms with Crippen LogP contribution >= 0.6 is 0 Å². The van der Waals surface area contributed by atoms with Crippen molar-refractivity contribution in [1.82, 2.24) is 9.91 Å². The van der Waals surface area contributed by atoms with Crippen molar-refractivity contribution in [3.05, 3.63) is 0 Å². The molecule has 0 aromatic carbocycles. The SMILES string of the molecule is CCN1C=NN(C(C)C)C1C(C)(C)C. The second-order valence-electron chi connectivity index (χ2n) is 5.27. The highest BCUT2D eigenvalue weighted by Gasteiger charge is 2.37. The maximum atomic E-state index is 4.47. The van der Waals surface area contributed by atoms with Crippen LogP contribution in [0.1, 0.15) is 41.5 Å². The summed E-state index contributed by atoms with van der Waals surface area (Å²) in [5.74, 6) is 0. The average Bonchev–Trinajstić information content (AvgIpc) is 2.45. The van der Waals surface area contributed by atoms with Crippen molar-refractivity contribution in [2.24, 2.45) is 10.5 Å². The molecule has 3 heteroatoms. The smallest absolute Gasteiger partial charge is 0.124 e. The van der Waals surface area contributed by atoms with Crippen LogP contribution in [0, 0.1) is 5.41 Å². The Balaban J connectivity index is 2.85. The second-order valence-corrected chi connectivity index (χ2v) is 5.27. The molecule has 0 fully saturated rings. The Morgan fingerprint density at radius 2 is 1.93 bits per heavy atom. The molecule has 0 aromatic heterocycles. The Kier molecular flexibility index (Phi) is 3.07. The summed E-state index contributed by atoms with van der Waals surface area (Å²) in [5.41, 5.74) is 0.233. The van der Waals surface area contributed by atoms with Crippen LogP contribution in [0.5, 0.6) is 0 Å². The minimum Gasteiger partial charge on any atom is -0.339 e. The Hall–Kier alpha value is -0.730. The lowest BCUT2D eigenvalue weighted by Crippen LogP contribution is -2.50. The van der Waals surface area contributed by atoms with Gasteiger partial charge in [-0.15, -0.1) is 0 Å². The molecule has 14 heavy (non-hydrogen) atoms. The van der Waals surface area contributed by atoms with Gasteiger partial charge in [-0.1, -0.05) is 20.8 Å². The standard InChI is InChI=1S/C11H23N3/c1-7-13-8-12-14(9(2)3)10(13)11(4,5)6/h8-10H,7H2,1-6H3. The van der Waals surface area contributed by atoms with E-state index in [0.717, 1.165) is 6.54 Å². The highest BCUT2D eigenvalue weighted by Crippen LogP contribution is 2.31. The summed E-state index contributed by atoms with van der Waals surface area (Å²) in [6.45, 7) is 14.4. The van der Waals surface area contributed by atoms with Gasteiger partial charge in [0.25, 0.3) is 0 Å². The van der Waals surface area contributed by atoms with Crippen LogP contribution in [0.4, 0.5) is 0 Å². The number of hydrogen-bond donors (Lipinski definition) is 0. The van der Waals surface area contributed by atoms with Crippen molar-refractivity contribution >= 4 is 6.34 Å². The van der Waals surface area contributed by atoms with Crippen LogP contribution in [0.15, 0.2) is 5.10 Å². The molecule has 3 nitrogen and oxygen atoms in total. The highest BCUT2D eigenvalue weighted by atomic mass is 15.6. The summed E-state index contributed by atoms with van der Waals surface area (Å²) in [4.78, 5) is 2.31. The van der Waals surface area contributed by atoms with Gasteiger partial charge in [0.15, 0.2) is 0 Å². The zero-order valence-corrected chi connectivity index (χ0v) is 10.3.